The molecule has 0 saturated heterocycles. The molecule has 2 aromatic carbocycles. The number of benzene rings is 2. The van der Waals surface area contributed by atoms with Gasteiger partial charge in [0.25, 0.3) is 0 Å². The maximum absolute atomic E-state index is 11.8. The summed E-state index contributed by atoms with van der Waals surface area (Å²) in [4.78, 5) is 23.2. The number of esters is 2. The summed E-state index contributed by atoms with van der Waals surface area (Å²) in [6, 6.07) is 13.4. The summed E-state index contributed by atoms with van der Waals surface area (Å²) in [5, 5.41) is 0. The molecule has 0 aliphatic rings. The van der Waals surface area contributed by atoms with E-state index in [1.54, 1.807) is 24.3 Å². The summed E-state index contributed by atoms with van der Waals surface area (Å²) in [7, 11) is 1.30. The normalized spacial score (nSPS) is 10.3. The predicted octanol–water partition coefficient (Wildman–Crippen LogP) is 3.66. The van der Waals surface area contributed by atoms with Crippen LogP contribution in [0.25, 0.3) is 6.08 Å². The highest BCUT2D eigenvalue weighted by Crippen LogP contribution is 2.15. The minimum Gasteiger partial charge on any atom is -0.490 e. The topological polar surface area (TPSA) is 61.8 Å². The van der Waals surface area contributed by atoms with Crippen LogP contribution in [0.3, 0.4) is 0 Å². The third-order valence-corrected chi connectivity index (χ3v) is 3.15. The molecule has 128 valence electrons. The van der Waals surface area contributed by atoms with E-state index in [-0.39, 0.29) is 0 Å². The van der Waals surface area contributed by atoms with E-state index in [1.807, 2.05) is 12.1 Å². The third-order valence-electron chi connectivity index (χ3n) is 3.15. The Morgan fingerprint density at radius 3 is 2.24 bits per heavy atom. The molecule has 0 radical (unpaired) electrons. The van der Waals surface area contributed by atoms with Crippen LogP contribution in [0, 0.1) is 0 Å². The molecule has 0 spiro atoms. The van der Waals surface area contributed by atoms with Gasteiger partial charge in [0.1, 0.15) is 18.1 Å². The van der Waals surface area contributed by atoms with Crippen LogP contribution in [-0.2, 0) is 9.53 Å². The molecule has 0 fully saturated rings. The second-order valence-corrected chi connectivity index (χ2v) is 4.94. The highest BCUT2D eigenvalue weighted by atomic mass is 16.5. The summed E-state index contributed by atoms with van der Waals surface area (Å²) >= 11 is 0. The van der Waals surface area contributed by atoms with E-state index in [4.69, 9.17) is 9.47 Å². The van der Waals surface area contributed by atoms with E-state index in [2.05, 4.69) is 11.3 Å². The van der Waals surface area contributed by atoms with Crippen LogP contribution in [0.5, 0.6) is 11.5 Å². The van der Waals surface area contributed by atoms with Gasteiger partial charge in [0.05, 0.1) is 12.7 Å². The van der Waals surface area contributed by atoms with Crippen molar-refractivity contribution in [2.75, 3.05) is 13.7 Å². The smallest absolute Gasteiger partial charge is 0.337 e. The zero-order valence-electron chi connectivity index (χ0n) is 13.8. The standard InChI is InChI=1S/C20H18O5/c1-3-14-24-17-9-4-15(5-10-17)6-13-19(21)25-18-11-7-16(8-12-18)20(22)23-2/h3-13H,1,14H2,2H3. The SMILES string of the molecule is C=CCOc1ccc(C=CC(=O)Oc2ccc(C(=O)OC)cc2)cc1. The molecule has 25 heavy (non-hydrogen) atoms. The van der Waals surface area contributed by atoms with Crippen LogP contribution in [0.1, 0.15) is 15.9 Å². The van der Waals surface area contributed by atoms with Gasteiger partial charge in [-0.05, 0) is 48.0 Å². The van der Waals surface area contributed by atoms with Crippen molar-refractivity contribution in [3.05, 3.63) is 78.4 Å². The van der Waals surface area contributed by atoms with Gasteiger partial charge >= 0.3 is 11.9 Å². The Labute approximate surface area is 146 Å². The molecule has 2 rings (SSSR count). The van der Waals surface area contributed by atoms with E-state index in [0.717, 1.165) is 11.3 Å². The van der Waals surface area contributed by atoms with Crippen molar-refractivity contribution in [1.29, 1.82) is 0 Å². The summed E-state index contributed by atoms with van der Waals surface area (Å²) < 4.78 is 15.2. The van der Waals surface area contributed by atoms with Crippen molar-refractivity contribution in [1.82, 2.24) is 0 Å². The van der Waals surface area contributed by atoms with Gasteiger partial charge in [0.15, 0.2) is 0 Å². The highest BCUT2D eigenvalue weighted by molar-refractivity contribution is 5.90. The molecule has 2 aromatic rings. The van der Waals surface area contributed by atoms with Crippen molar-refractivity contribution >= 4 is 18.0 Å². The van der Waals surface area contributed by atoms with Crippen molar-refractivity contribution in [3.63, 3.8) is 0 Å². The summed E-state index contributed by atoms with van der Waals surface area (Å²) in [5.74, 6) is 0.108. The number of carbonyl (C=O) groups is 2. The lowest BCUT2D eigenvalue weighted by Crippen LogP contribution is -2.05. The first-order valence-electron chi connectivity index (χ1n) is 7.54. The lowest BCUT2D eigenvalue weighted by Gasteiger charge is -2.03. The fraction of sp³-hybridized carbons (Fsp3) is 0.100. The minimum absolute atomic E-state index is 0.343. The van der Waals surface area contributed by atoms with Crippen LogP contribution in [0.4, 0.5) is 0 Å². The molecule has 0 N–H and O–H groups in total. The Bertz CT molecular complexity index is 758. The third kappa shape index (κ3) is 5.66. The summed E-state index contributed by atoms with van der Waals surface area (Å²) in [6.07, 6.45) is 4.64. The van der Waals surface area contributed by atoms with Gasteiger partial charge < -0.3 is 14.2 Å². The van der Waals surface area contributed by atoms with Gasteiger partial charge in [0.2, 0.25) is 0 Å². The molecule has 0 unspecified atom stereocenters. The number of hydrogen-bond donors (Lipinski definition) is 0. The van der Waals surface area contributed by atoms with E-state index in [1.165, 1.54) is 37.5 Å². The molecule has 0 atom stereocenters. The quantitative estimate of drug-likeness (QED) is 0.334. The van der Waals surface area contributed by atoms with Crippen molar-refractivity contribution in [2.24, 2.45) is 0 Å². The van der Waals surface area contributed by atoms with Crippen LogP contribution in [-0.4, -0.2) is 25.7 Å². The van der Waals surface area contributed by atoms with Gasteiger partial charge in [-0.25, -0.2) is 9.59 Å². The Morgan fingerprint density at radius 2 is 1.64 bits per heavy atom. The molecule has 0 aliphatic carbocycles. The molecular weight excluding hydrogens is 320 g/mol. The highest BCUT2D eigenvalue weighted by Gasteiger charge is 2.06. The van der Waals surface area contributed by atoms with Crippen LogP contribution < -0.4 is 9.47 Å². The first-order chi connectivity index (χ1) is 12.1. The largest absolute Gasteiger partial charge is 0.490 e. The fourth-order valence-corrected chi connectivity index (χ4v) is 1.92. The van der Waals surface area contributed by atoms with Crippen molar-refractivity contribution < 1.29 is 23.8 Å². The molecule has 0 aliphatic heterocycles. The van der Waals surface area contributed by atoms with Crippen LogP contribution >= 0.6 is 0 Å². The second kappa shape index (κ2) is 9.08. The number of carbonyl (C=O) groups excluding carboxylic acids is 2. The molecule has 0 saturated carbocycles. The maximum atomic E-state index is 11.8. The lowest BCUT2D eigenvalue weighted by atomic mass is 10.2. The van der Waals surface area contributed by atoms with E-state index in [9.17, 15) is 9.59 Å². The Morgan fingerprint density at radius 1 is 1.00 bits per heavy atom. The van der Waals surface area contributed by atoms with Crippen LogP contribution in [0.15, 0.2) is 67.3 Å². The number of hydrogen-bond acceptors (Lipinski definition) is 5. The predicted molar refractivity (Wildman–Crippen MR) is 94.6 cm³/mol. The van der Waals surface area contributed by atoms with Gasteiger partial charge in [-0.15, -0.1) is 0 Å². The number of methoxy groups -OCH3 is 1. The molecule has 5 heteroatoms. The summed E-state index contributed by atoms with van der Waals surface area (Å²) in [6.45, 7) is 4.02. The first kappa shape index (κ1) is 18.0. The minimum atomic E-state index is -0.516. The number of rotatable bonds is 7. The van der Waals surface area contributed by atoms with Gasteiger partial charge in [-0.1, -0.05) is 24.8 Å². The zero-order valence-corrected chi connectivity index (χ0v) is 13.8. The van der Waals surface area contributed by atoms with Gasteiger partial charge in [0, 0.05) is 6.08 Å². The summed E-state index contributed by atoms with van der Waals surface area (Å²) in [5.41, 5.74) is 1.22. The molecule has 0 heterocycles. The number of ether oxygens (including phenoxy) is 3. The molecule has 5 nitrogen and oxygen atoms in total. The van der Waals surface area contributed by atoms with E-state index >= 15 is 0 Å². The molecular formula is C20H18O5. The van der Waals surface area contributed by atoms with Gasteiger partial charge in [-0.3, -0.25) is 0 Å². The maximum Gasteiger partial charge on any atom is 0.337 e. The van der Waals surface area contributed by atoms with Gasteiger partial charge in [-0.2, -0.15) is 0 Å². The molecule has 0 amide bonds. The zero-order chi connectivity index (χ0) is 18.1. The average Bonchev–Trinajstić information content (AvgIpc) is 2.65. The Hall–Kier alpha value is -3.34. The average molecular weight is 338 g/mol. The van der Waals surface area contributed by atoms with Crippen molar-refractivity contribution in [3.8, 4) is 11.5 Å². The first-order valence-corrected chi connectivity index (χ1v) is 7.54. The van der Waals surface area contributed by atoms with E-state index < -0.39 is 11.9 Å². The van der Waals surface area contributed by atoms with E-state index in [0.29, 0.717) is 17.9 Å². The Balaban J connectivity index is 1.91. The van der Waals surface area contributed by atoms with Crippen molar-refractivity contribution in [2.45, 2.75) is 0 Å². The van der Waals surface area contributed by atoms with Crippen LogP contribution in [0.2, 0.25) is 0 Å². The lowest BCUT2D eigenvalue weighted by molar-refractivity contribution is -0.128. The fourth-order valence-electron chi connectivity index (χ4n) is 1.92. The molecule has 0 aromatic heterocycles. The monoisotopic (exact) mass is 338 g/mol. The molecule has 0 bridgehead atoms. The second-order valence-electron chi connectivity index (χ2n) is 4.94. The Kier molecular flexibility index (Phi) is 6.54.